The zero-order valence-electron chi connectivity index (χ0n) is 17.9. The van der Waals surface area contributed by atoms with Crippen LogP contribution in [-0.2, 0) is 33.2 Å². The smallest absolute Gasteiger partial charge is 0.337 e. The largest absolute Gasteiger partial charge is 0.467 e. The molecule has 3 saturated heterocycles. The second-order valence-electron chi connectivity index (χ2n) is 8.07. The minimum absolute atomic E-state index is 0.677. The number of carbonyl (C=O) groups is 1. The van der Waals surface area contributed by atoms with Gasteiger partial charge in [-0.3, -0.25) is 0 Å². The zero-order chi connectivity index (χ0) is 25.3. The van der Waals surface area contributed by atoms with Crippen molar-refractivity contribution in [3.05, 3.63) is 0 Å². The molecule has 0 aromatic heterocycles. The summed E-state index contributed by atoms with van der Waals surface area (Å²) in [5, 5.41) is 89.7. The Bertz CT molecular complexity index is 678. The van der Waals surface area contributed by atoms with Gasteiger partial charge in [0.25, 0.3) is 0 Å². The Morgan fingerprint density at radius 3 is 1.65 bits per heavy atom. The third-order valence-corrected chi connectivity index (χ3v) is 5.90. The number of aliphatic hydroxyl groups is 9. The number of carbonyl (C=O) groups excluding carboxylic acids is 1. The summed E-state index contributed by atoms with van der Waals surface area (Å²) in [6.07, 6.45) is -23.9. The first-order chi connectivity index (χ1) is 16.0. The van der Waals surface area contributed by atoms with Crippen LogP contribution in [0.4, 0.5) is 0 Å². The lowest BCUT2D eigenvalue weighted by atomic mass is 9.97. The Labute approximate surface area is 192 Å². The zero-order valence-corrected chi connectivity index (χ0v) is 17.9. The molecule has 0 spiro atoms. The van der Waals surface area contributed by atoms with Crippen LogP contribution in [0.3, 0.4) is 0 Å². The summed E-state index contributed by atoms with van der Waals surface area (Å²) in [6, 6.07) is 0. The summed E-state index contributed by atoms with van der Waals surface area (Å²) in [5.41, 5.74) is 0. The molecule has 3 fully saturated rings. The van der Waals surface area contributed by atoms with Gasteiger partial charge in [-0.15, -0.1) is 0 Å². The van der Waals surface area contributed by atoms with Gasteiger partial charge in [-0.25, -0.2) is 4.79 Å². The molecule has 0 unspecified atom stereocenters. The van der Waals surface area contributed by atoms with Crippen LogP contribution >= 0.6 is 0 Å². The van der Waals surface area contributed by atoms with E-state index < -0.39 is 105 Å². The van der Waals surface area contributed by atoms with Crippen LogP contribution in [0.15, 0.2) is 0 Å². The van der Waals surface area contributed by atoms with E-state index in [9.17, 15) is 50.8 Å². The molecule has 9 N–H and O–H groups in total. The molecule has 0 aromatic carbocycles. The Kier molecular flexibility index (Phi) is 9.15. The Morgan fingerprint density at radius 1 is 0.676 bits per heavy atom. The van der Waals surface area contributed by atoms with Crippen molar-refractivity contribution in [3.63, 3.8) is 0 Å². The van der Waals surface area contributed by atoms with Crippen molar-refractivity contribution in [2.75, 3.05) is 20.3 Å². The Morgan fingerprint density at radius 2 is 1.15 bits per heavy atom. The summed E-state index contributed by atoms with van der Waals surface area (Å²) in [7, 11) is 0.991. The molecule has 16 nitrogen and oxygen atoms in total. The van der Waals surface area contributed by atoms with E-state index >= 15 is 0 Å². The Balaban J connectivity index is 1.80. The van der Waals surface area contributed by atoms with Crippen molar-refractivity contribution in [1.29, 1.82) is 0 Å². The third kappa shape index (κ3) is 5.20. The second-order valence-corrected chi connectivity index (χ2v) is 8.07. The van der Waals surface area contributed by atoms with Crippen LogP contribution in [-0.4, -0.2) is 158 Å². The number of ether oxygens (including phenoxy) is 6. The topological polar surface area (TPSA) is 255 Å². The maximum atomic E-state index is 12.2. The average molecular weight is 502 g/mol. The highest BCUT2D eigenvalue weighted by Crippen LogP contribution is 2.32. The van der Waals surface area contributed by atoms with Crippen molar-refractivity contribution in [3.8, 4) is 0 Å². The molecule has 0 radical (unpaired) electrons. The predicted octanol–water partition coefficient (Wildman–Crippen LogP) is -6.75. The predicted molar refractivity (Wildman–Crippen MR) is 100 cm³/mol. The normalized spacial score (nSPS) is 49.7. The molecule has 3 rings (SSSR count). The van der Waals surface area contributed by atoms with Crippen molar-refractivity contribution in [1.82, 2.24) is 0 Å². The van der Waals surface area contributed by atoms with Crippen molar-refractivity contribution in [2.24, 2.45) is 0 Å². The number of methoxy groups -OCH3 is 1. The highest BCUT2D eigenvalue weighted by Gasteiger charge is 2.55. The van der Waals surface area contributed by atoms with Gasteiger partial charge in [-0.05, 0) is 0 Å². The van der Waals surface area contributed by atoms with Crippen LogP contribution in [0, 0.1) is 0 Å². The quantitative estimate of drug-likeness (QED) is 0.147. The minimum atomic E-state index is -2.03. The molecule has 0 amide bonds. The van der Waals surface area contributed by atoms with Crippen LogP contribution in [0.5, 0.6) is 0 Å². The van der Waals surface area contributed by atoms with E-state index in [2.05, 4.69) is 4.74 Å². The maximum Gasteiger partial charge on any atom is 0.337 e. The van der Waals surface area contributed by atoms with E-state index in [-0.39, 0.29) is 0 Å². The molecule has 3 aliphatic heterocycles. The molecule has 0 bridgehead atoms. The van der Waals surface area contributed by atoms with Gasteiger partial charge in [0, 0.05) is 0 Å². The lowest BCUT2D eigenvalue weighted by molar-refractivity contribution is -0.368. The lowest BCUT2D eigenvalue weighted by Gasteiger charge is -2.45. The number of rotatable bonds is 7. The minimum Gasteiger partial charge on any atom is -0.467 e. The molecule has 198 valence electrons. The number of aliphatic hydroxyl groups excluding tert-OH is 9. The Hall–Kier alpha value is -1.09. The van der Waals surface area contributed by atoms with E-state index in [1.165, 1.54) is 0 Å². The molecule has 16 heteroatoms. The first-order valence-electron chi connectivity index (χ1n) is 10.4. The first kappa shape index (κ1) is 27.5. The van der Waals surface area contributed by atoms with E-state index in [0.29, 0.717) is 0 Å². The molecule has 0 saturated carbocycles. The van der Waals surface area contributed by atoms with Crippen molar-refractivity contribution >= 4 is 5.97 Å². The van der Waals surface area contributed by atoms with Crippen LogP contribution in [0.1, 0.15) is 0 Å². The third-order valence-electron chi connectivity index (χ3n) is 5.90. The van der Waals surface area contributed by atoms with Gasteiger partial charge < -0.3 is 74.4 Å². The molecule has 0 aliphatic carbocycles. The van der Waals surface area contributed by atoms with E-state index in [1.807, 2.05) is 0 Å². The molecular formula is C18H30O16. The van der Waals surface area contributed by atoms with Crippen LogP contribution in [0.2, 0.25) is 0 Å². The highest BCUT2D eigenvalue weighted by molar-refractivity contribution is 5.75. The molecule has 3 heterocycles. The standard InChI is InChI=1S/C18H30O16/c1-29-15(27)14-12(33-17-9(24)7(22)5(3-20)31-17)11(26)13(16(28)32-14)34-18-10(25)8(23)6(21)4(2-19)30-18/h4-14,16-26,28H,2-3H2,1H3/t4-,5+,6+,7+,8+,9-,10-,11+,12+,13-,14+,16-,17+,18+/m1/s1. The first-order valence-corrected chi connectivity index (χ1v) is 10.4. The summed E-state index contributed by atoms with van der Waals surface area (Å²) in [5.74, 6) is -1.10. The number of esters is 1. The van der Waals surface area contributed by atoms with Gasteiger partial charge in [0.2, 0.25) is 0 Å². The summed E-state index contributed by atoms with van der Waals surface area (Å²) in [6.45, 7) is -1.44. The molecule has 3 aliphatic rings. The lowest BCUT2D eigenvalue weighted by Crippen LogP contribution is -2.65. The fourth-order valence-corrected chi connectivity index (χ4v) is 3.91. The van der Waals surface area contributed by atoms with E-state index in [0.717, 1.165) is 7.11 Å². The molecule has 14 atom stereocenters. The molecular weight excluding hydrogens is 472 g/mol. The molecule has 0 aromatic rings. The highest BCUT2D eigenvalue weighted by atomic mass is 16.8. The van der Waals surface area contributed by atoms with Gasteiger partial charge in [0.15, 0.2) is 25.0 Å². The van der Waals surface area contributed by atoms with Gasteiger partial charge in [-0.2, -0.15) is 0 Å². The maximum absolute atomic E-state index is 12.2. The van der Waals surface area contributed by atoms with Crippen LogP contribution in [0.25, 0.3) is 0 Å². The number of hydrogen-bond donors (Lipinski definition) is 9. The fraction of sp³-hybridized carbons (Fsp3) is 0.944. The number of hydrogen-bond acceptors (Lipinski definition) is 16. The van der Waals surface area contributed by atoms with E-state index in [1.54, 1.807) is 0 Å². The van der Waals surface area contributed by atoms with Crippen molar-refractivity contribution in [2.45, 2.75) is 86.0 Å². The van der Waals surface area contributed by atoms with E-state index in [4.69, 9.17) is 23.7 Å². The fourth-order valence-electron chi connectivity index (χ4n) is 3.91. The summed E-state index contributed by atoms with van der Waals surface area (Å²) in [4.78, 5) is 12.2. The monoisotopic (exact) mass is 502 g/mol. The second kappa shape index (κ2) is 11.3. The average Bonchev–Trinajstić information content (AvgIpc) is 3.10. The van der Waals surface area contributed by atoms with Gasteiger partial charge in [0.05, 0.1) is 20.3 Å². The SMILES string of the molecule is COC(=O)[C@H]1O[C@@H](O)[C@H](O[C@@H]2O[C@H](CO)[C@H](O)[C@H](O)[C@H]2O)[C@@H](O)[C@@H]1O[C@@H]1O[C@@H](CO)[C@H](O)[C@H]1O. The summed E-state index contributed by atoms with van der Waals surface area (Å²) >= 11 is 0. The summed E-state index contributed by atoms with van der Waals surface area (Å²) < 4.78 is 30.9. The van der Waals surface area contributed by atoms with Crippen LogP contribution < -0.4 is 0 Å². The van der Waals surface area contributed by atoms with Crippen molar-refractivity contribution < 1.29 is 79.2 Å². The molecule has 34 heavy (non-hydrogen) atoms. The van der Waals surface area contributed by atoms with Gasteiger partial charge >= 0.3 is 5.97 Å². The van der Waals surface area contributed by atoms with Gasteiger partial charge in [0.1, 0.15) is 61.0 Å². The van der Waals surface area contributed by atoms with Gasteiger partial charge in [-0.1, -0.05) is 0 Å².